The topological polar surface area (TPSA) is 13.1 Å². The molecule has 9 aromatic carbocycles. The normalized spacial score (nSPS) is 22.6. The second kappa shape index (κ2) is 11.8. The molecular formula is C58H42O. The summed E-state index contributed by atoms with van der Waals surface area (Å²) in [6.45, 7) is 0. The molecule has 1 aromatic heterocycles. The Balaban J connectivity index is 0.948. The van der Waals surface area contributed by atoms with Gasteiger partial charge in [-0.3, -0.25) is 0 Å². The van der Waals surface area contributed by atoms with Crippen molar-refractivity contribution in [1.82, 2.24) is 0 Å². The van der Waals surface area contributed by atoms with Crippen LogP contribution in [0.5, 0.6) is 0 Å². The van der Waals surface area contributed by atoms with E-state index in [1.54, 1.807) is 11.1 Å². The van der Waals surface area contributed by atoms with Gasteiger partial charge in [-0.15, -0.1) is 0 Å². The summed E-state index contributed by atoms with van der Waals surface area (Å²) in [6, 6.07) is 64.2. The Hall–Kier alpha value is -6.44. The minimum Gasteiger partial charge on any atom is -0.456 e. The van der Waals surface area contributed by atoms with Crippen LogP contribution in [0.15, 0.2) is 174 Å². The highest BCUT2D eigenvalue weighted by molar-refractivity contribution is 6.21. The Morgan fingerprint density at radius 1 is 0.373 bits per heavy atom. The van der Waals surface area contributed by atoms with Gasteiger partial charge in [0, 0.05) is 16.2 Å². The third kappa shape index (κ3) is 4.35. The van der Waals surface area contributed by atoms with E-state index >= 15 is 0 Å². The van der Waals surface area contributed by atoms with Crippen LogP contribution in [-0.2, 0) is 5.41 Å². The maximum absolute atomic E-state index is 6.27. The highest BCUT2D eigenvalue weighted by Crippen LogP contribution is 2.70. The van der Waals surface area contributed by atoms with Crippen molar-refractivity contribution in [1.29, 1.82) is 0 Å². The molecule has 1 nitrogen and oxygen atoms in total. The highest BCUT2D eigenvalue weighted by atomic mass is 16.3. The average molecular weight is 755 g/mol. The largest absolute Gasteiger partial charge is 0.456 e. The molecule has 0 amide bonds. The number of fused-ring (bicyclic) bond motifs is 10. The molecule has 1 heteroatoms. The van der Waals surface area contributed by atoms with Crippen molar-refractivity contribution in [2.75, 3.05) is 0 Å². The minimum atomic E-state index is 0.0805. The lowest BCUT2D eigenvalue weighted by molar-refractivity contribution is -0.0393. The summed E-state index contributed by atoms with van der Waals surface area (Å²) >= 11 is 0. The molecule has 5 aliphatic carbocycles. The molecule has 0 atom stereocenters. The number of hydrogen-bond acceptors (Lipinski definition) is 1. The Morgan fingerprint density at radius 2 is 0.898 bits per heavy atom. The summed E-state index contributed by atoms with van der Waals surface area (Å²) in [4.78, 5) is 0. The summed E-state index contributed by atoms with van der Waals surface area (Å²) in [5.74, 6) is 3.23. The first-order valence-electron chi connectivity index (χ1n) is 21.8. The van der Waals surface area contributed by atoms with Gasteiger partial charge < -0.3 is 4.42 Å². The molecule has 15 rings (SSSR count). The number of hydrogen-bond donors (Lipinski definition) is 0. The zero-order valence-corrected chi connectivity index (χ0v) is 32.9. The number of furan rings is 1. The van der Waals surface area contributed by atoms with E-state index in [0.717, 1.165) is 39.3 Å². The van der Waals surface area contributed by atoms with Gasteiger partial charge in [-0.1, -0.05) is 146 Å². The molecule has 0 N–H and O–H groups in total. The van der Waals surface area contributed by atoms with Crippen molar-refractivity contribution in [2.45, 2.75) is 37.5 Å². The van der Waals surface area contributed by atoms with E-state index in [0.29, 0.717) is 11.8 Å². The molecule has 4 saturated carbocycles. The van der Waals surface area contributed by atoms with Crippen LogP contribution in [0.1, 0.15) is 43.2 Å². The summed E-state index contributed by atoms with van der Waals surface area (Å²) in [7, 11) is 0. The highest BCUT2D eigenvalue weighted by Gasteiger charge is 2.62. The molecule has 0 aliphatic heterocycles. The van der Waals surface area contributed by atoms with Crippen LogP contribution in [0.4, 0.5) is 0 Å². The van der Waals surface area contributed by atoms with Gasteiger partial charge in [-0.05, 0) is 168 Å². The van der Waals surface area contributed by atoms with Gasteiger partial charge in [-0.25, -0.2) is 0 Å². The quantitative estimate of drug-likeness (QED) is 0.164. The molecule has 280 valence electrons. The van der Waals surface area contributed by atoms with Crippen LogP contribution in [-0.4, -0.2) is 0 Å². The predicted molar refractivity (Wildman–Crippen MR) is 246 cm³/mol. The minimum absolute atomic E-state index is 0.0805. The average Bonchev–Trinajstić information content (AvgIpc) is 3.80. The fraction of sp³-hybridized carbons (Fsp3) is 0.172. The molecule has 0 saturated heterocycles. The molecule has 1 heterocycles. The van der Waals surface area contributed by atoms with E-state index in [-0.39, 0.29) is 5.41 Å². The van der Waals surface area contributed by atoms with Gasteiger partial charge in [-0.2, -0.15) is 0 Å². The molecular weight excluding hydrogens is 713 g/mol. The second-order valence-corrected chi connectivity index (χ2v) is 18.4. The van der Waals surface area contributed by atoms with Gasteiger partial charge in [0.2, 0.25) is 0 Å². The van der Waals surface area contributed by atoms with Crippen molar-refractivity contribution in [3.63, 3.8) is 0 Å². The van der Waals surface area contributed by atoms with E-state index in [9.17, 15) is 0 Å². The zero-order valence-electron chi connectivity index (χ0n) is 32.9. The lowest BCUT2D eigenvalue weighted by atomic mass is 9.43. The van der Waals surface area contributed by atoms with Crippen LogP contribution in [0.3, 0.4) is 0 Å². The molecule has 0 radical (unpaired) electrons. The van der Waals surface area contributed by atoms with E-state index in [2.05, 4.69) is 158 Å². The molecule has 4 bridgehead atoms. The maximum Gasteiger partial charge on any atom is 0.136 e. The van der Waals surface area contributed by atoms with Crippen LogP contribution in [0, 0.1) is 23.7 Å². The van der Waals surface area contributed by atoms with E-state index < -0.39 is 0 Å². The fourth-order valence-electron chi connectivity index (χ4n) is 13.6. The van der Waals surface area contributed by atoms with Gasteiger partial charge in [0.05, 0.1) is 0 Å². The number of para-hydroxylation sites is 1. The summed E-state index contributed by atoms with van der Waals surface area (Å²) in [5, 5.41) is 10.4. The van der Waals surface area contributed by atoms with Crippen LogP contribution < -0.4 is 0 Å². The second-order valence-electron chi connectivity index (χ2n) is 18.4. The molecule has 1 spiro atoms. The third-order valence-corrected chi connectivity index (χ3v) is 15.6. The van der Waals surface area contributed by atoms with Crippen molar-refractivity contribution in [3.05, 3.63) is 181 Å². The van der Waals surface area contributed by atoms with Gasteiger partial charge in [0.1, 0.15) is 11.2 Å². The third-order valence-electron chi connectivity index (χ3n) is 15.6. The first-order chi connectivity index (χ1) is 29.2. The smallest absolute Gasteiger partial charge is 0.136 e. The van der Waals surface area contributed by atoms with E-state index in [1.165, 1.54) is 103 Å². The summed E-state index contributed by atoms with van der Waals surface area (Å²) in [5.41, 5.74) is 15.8. The molecule has 4 fully saturated rings. The molecule has 10 aromatic rings. The Labute approximate surface area is 343 Å². The van der Waals surface area contributed by atoms with Crippen molar-refractivity contribution >= 4 is 54.3 Å². The number of rotatable bonds is 3. The van der Waals surface area contributed by atoms with E-state index in [1.807, 2.05) is 12.1 Å². The van der Waals surface area contributed by atoms with Crippen molar-refractivity contribution < 1.29 is 4.42 Å². The van der Waals surface area contributed by atoms with Gasteiger partial charge in [0.25, 0.3) is 0 Å². The first kappa shape index (κ1) is 32.5. The van der Waals surface area contributed by atoms with Crippen molar-refractivity contribution in [3.8, 4) is 44.5 Å². The maximum atomic E-state index is 6.27. The Bertz CT molecular complexity index is 3310. The lowest BCUT2D eigenvalue weighted by Crippen LogP contribution is -2.55. The van der Waals surface area contributed by atoms with Crippen molar-refractivity contribution in [2.24, 2.45) is 23.7 Å². The fourth-order valence-corrected chi connectivity index (χ4v) is 13.6. The van der Waals surface area contributed by atoms with Gasteiger partial charge >= 0.3 is 0 Å². The van der Waals surface area contributed by atoms with Gasteiger partial charge in [0.15, 0.2) is 0 Å². The Morgan fingerprint density at radius 3 is 1.59 bits per heavy atom. The first-order valence-corrected chi connectivity index (χ1v) is 21.8. The molecule has 0 unspecified atom stereocenters. The molecule has 5 aliphatic rings. The van der Waals surface area contributed by atoms with Crippen LogP contribution >= 0.6 is 0 Å². The van der Waals surface area contributed by atoms with E-state index in [4.69, 9.17) is 4.42 Å². The standard InChI is InChI=1S/C58H42O/c1-2-10-43-37(9-1)21-26-51-44-24-23-40(32-52(44)58(57(43)51)41-28-34-27-35(30-41)31-42(58)29-34)56-49-14-5-3-12-47(49)55(48-13-4-6-15-50(48)56)38-19-17-36(18-20-38)39-22-25-46-45-11-7-8-16-53(45)59-54(46)33-39/h1-26,32-35,41-42H,27-31H2. The monoisotopic (exact) mass is 754 g/mol. The molecule has 59 heavy (non-hydrogen) atoms. The summed E-state index contributed by atoms with van der Waals surface area (Å²) < 4.78 is 6.27. The SMILES string of the molecule is c1ccc2c3c(ccc2c1)-c1ccc(-c2c4ccccc4c(-c4ccc(-c5ccc6c(c5)oc5ccccc56)cc4)c4ccccc24)cc1C31C2CC3CC(C2)CC1C3. The van der Waals surface area contributed by atoms with Crippen LogP contribution in [0.2, 0.25) is 0 Å². The number of benzene rings is 9. The Kier molecular flexibility index (Phi) is 6.52. The lowest BCUT2D eigenvalue weighted by Gasteiger charge is -2.61. The predicted octanol–water partition coefficient (Wildman–Crippen LogP) is 15.8. The zero-order chi connectivity index (χ0) is 38.4. The van der Waals surface area contributed by atoms with Crippen LogP contribution in [0.25, 0.3) is 98.8 Å². The summed E-state index contributed by atoms with van der Waals surface area (Å²) in [6.07, 6.45) is 6.99.